The molecule has 2 atom stereocenters. The van der Waals surface area contributed by atoms with Gasteiger partial charge in [-0.1, -0.05) is 49.4 Å². The number of amides is 1. The van der Waals surface area contributed by atoms with Gasteiger partial charge in [-0.3, -0.25) is 4.79 Å². The van der Waals surface area contributed by atoms with Gasteiger partial charge in [0.1, 0.15) is 0 Å². The molecular weight excluding hydrogens is 282 g/mol. The molecule has 0 fully saturated rings. The summed E-state index contributed by atoms with van der Waals surface area (Å²) < 4.78 is 0. The van der Waals surface area contributed by atoms with E-state index >= 15 is 0 Å². The summed E-state index contributed by atoms with van der Waals surface area (Å²) >= 11 is 6.67. The molecule has 0 saturated carbocycles. The van der Waals surface area contributed by atoms with Crippen molar-refractivity contribution >= 4 is 23.2 Å². The van der Waals surface area contributed by atoms with Gasteiger partial charge >= 0.3 is 0 Å². The Bertz CT molecular complexity index is 668. The van der Waals surface area contributed by atoms with Crippen molar-refractivity contribution in [2.45, 2.75) is 24.6 Å². The highest BCUT2D eigenvalue weighted by Gasteiger charge is 2.26. The number of hydrogen-bond donors (Lipinski definition) is 0. The van der Waals surface area contributed by atoms with E-state index in [1.165, 1.54) is 5.56 Å². The SMILES string of the molecule is CC(c1ccccc1)C(Cl)c1ccc2c(c1)CC(=O)N2C. The molecule has 0 spiro atoms. The molecule has 2 unspecified atom stereocenters. The lowest BCUT2D eigenvalue weighted by molar-refractivity contribution is -0.117. The smallest absolute Gasteiger partial charge is 0.231 e. The summed E-state index contributed by atoms with van der Waals surface area (Å²) in [6, 6.07) is 16.4. The Morgan fingerprint density at radius 2 is 1.81 bits per heavy atom. The Morgan fingerprint density at radius 1 is 1.10 bits per heavy atom. The van der Waals surface area contributed by atoms with Crippen LogP contribution in [-0.2, 0) is 11.2 Å². The fourth-order valence-corrected chi connectivity index (χ4v) is 3.16. The van der Waals surface area contributed by atoms with Crippen LogP contribution in [0.4, 0.5) is 5.69 Å². The molecule has 21 heavy (non-hydrogen) atoms. The zero-order chi connectivity index (χ0) is 15.0. The molecule has 0 bridgehead atoms. The van der Waals surface area contributed by atoms with Gasteiger partial charge in [0.05, 0.1) is 11.8 Å². The second kappa shape index (κ2) is 5.53. The highest BCUT2D eigenvalue weighted by molar-refractivity contribution is 6.21. The van der Waals surface area contributed by atoms with Crippen molar-refractivity contribution in [3.8, 4) is 0 Å². The molecule has 0 aromatic heterocycles. The summed E-state index contributed by atoms with van der Waals surface area (Å²) in [6.07, 6.45) is 0.475. The number of fused-ring (bicyclic) bond motifs is 1. The van der Waals surface area contributed by atoms with E-state index in [-0.39, 0.29) is 17.2 Å². The van der Waals surface area contributed by atoms with Crippen molar-refractivity contribution in [3.05, 3.63) is 65.2 Å². The van der Waals surface area contributed by atoms with Crippen LogP contribution in [0.1, 0.15) is 34.9 Å². The lowest BCUT2D eigenvalue weighted by atomic mass is 9.92. The standard InChI is InChI=1S/C18H18ClNO/c1-12(13-6-4-3-5-7-13)18(19)14-8-9-16-15(10-14)11-17(21)20(16)2/h3-10,12,18H,11H2,1-2H3. The highest BCUT2D eigenvalue weighted by Crippen LogP contribution is 2.38. The quantitative estimate of drug-likeness (QED) is 0.774. The summed E-state index contributed by atoms with van der Waals surface area (Å²) in [5.74, 6) is 0.366. The Morgan fingerprint density at radius 3 is 2.52 bits per heavy atom. The molecule has 3 heteroatoms. The van der Waals surface area contributed by atoms with Crippen molar-refractivity contribution in [2.24, 2.45) is 0 Å². The minimum atomic E-state index is -0.0984. The molecule has 108 valence electrons. The van der Waals surface area contributed by atoms with E-state index in [9.17, 15) is 4.79 Å². The minimum Gasteiger partial charge on any atom is -0.315 e. The molecule has 2 aromatic rings. The summed E-state index contributed by atoms with van der Waals surface area (Å²) in [5.41, 5.74) is 4.38. The molecule has 2 aromatic carbocycles. The third-order valence-electron chi connectivity index (χ3n) is 4.26. The zero-order valence-electron chi connectivity index (χ0n) is 12.2. The van der Waals surface area contributed by atoms with Gasteiger partial charge in [0.2, 0.25) is 5.91 Å². The molecule has 1 aliphatic heterocycles. The topological polar surface area (TPSA) is 20.3 Å². The number of halogens is 1. The number of carbonyl (C=O) groups is 1. The van der Waals surface area contributed by atoms with Gasteiger partial charge in [0.15, 0.2) is 0 Å². The molecule has 0 radical (unpaired) electrons. The van der Waals surface area contributed by atoms with E-state index in [0.717, 1.165) is 16.8 Å². The van der Waals surface area contributed by atoms with Gasteiger partial charge in [-0.15, -0.1) is 11.6 Å². The first-order valence-corrected chi connectivity index (χ1v) is 7.60. The van der Waals surface area contributed by atoms with Gasteiger partial charge in [0.25, 0.3) is 0 Å². The monoisotopic (exact) mass is 299 g/mol. The molecule has 1 amide bonds. The van der Waals surface area contributed by atoms with E-state index in [0.29, 0.717) is 6.42 Å². The van der Waals surface area contributed by atoms with Crippen molar-refractivity contribution < 1.29 is 4.79 Å². The first kappa shape index (κ1) is 14.2. The number of benzene rings is 2. The second-order valence-electron chi connectivity index (χ2n) is 5.62. The number of rotatable bonds is 3. The number of alkyl halides is 1. The van der Waals surface area contributed by atoms with Crippen LogP contribution < -0.4 is 4.90 Å². The van der Waals surface area contributed by atoms with Crippen molar-refractivity contribution in [2.75, 3.05) is 11.9 Å². The lowest BCUT2D eigenvalue weighted by Gasteiger charge is -2.20. The Labute approximate surface area is 130 Å². The maximum Gasteiger partial charge on any atom is 0.231 e. The normalized spacial score (nSPS) is 16.7. The Kier molecular flexibility index (Phi) is 3.73. The fourth-order valence-electron chi connectivity index (χ4n) is 2.88. The van der Waals surface area contributed by atoms with Crippen LogP contribution in [-0.4, -0.2) is 13.0 Å². The van der Waals surface area contributed by atoms with Crippen LogP contribution in [0.3, 0.4) is 0 Å². The van der Waals surface area contributed by atoms with Crippen LogP contribution >= 0.6 is 11.6 Å². The fraction of sp³-hybridized carbons (Fsp3) is 0.278. The molecule has 1 heterocycles. The summed E-state index contributed by atoms with van der Waals surface area (Å²) in [6.45, 7) is 2.14. The maximum absolute atomic E-state index is 11.8. The molecule has 2 nitrogen and oxygen atoms in total. The first-order valence-electron chi connectivity index (χ1n) is 7.16. The van der Waals surface area contributed by atoms with Crippen molar-refractivity contribution in [1.82, 2.24) is 0 Å². The second-order valence-corrected chi connectivity index (χ2v) is 6.09. The van der Waals surface area contributed by atoms with Gasteiger partial charge in [0, 0.05) is 18.7 Å². The van der Waals surface area contributed by atoms with E-state index in [1.807, 2.05) is 37.4 Å². The van der Waals surface area contributed by atoms with Crippen LogP contribution in [0.5, 0.6) is 0 Å². The zero-order valence-corrected chi connectivity index (χ0v) is 13.0. The lowest BCUT2D eigenvalue weighted by Crippen LogP contribution is -2.20. The largest absolute Gasteiger partial charge is 0.315 e. The molecule has 0 saturated heterocycles. The average molecular weight is 300 g/mol. The Hall–Kier alpha value is -1.80. The van der Waals surface area contributed by atoms with E-state index < -0.39 is 0 Å². The van der Waals surface area contributed by atoms with Crippen molar-refractivity contribution in [1.29, 1.82) is 0 Å². The molecule has 0 N–H and O–H groups in total. The average Bonchev–Trinajstić information content (AvgIpc) is 2.81. The predicted octanol–water partition coefficient (Wildman–Crippen LogP) is 4.29. The van der Waals surface area contributed by atoms with E-state index in [4.69, 9.17) is 11.6 Å². The molecular formula is C18H18ClNO. The van der Waals surface area contributed by atoms with E-state index in [1.54, 1.807) is 4.90 Å². The number of hydrogen-bond acceptors (Lipinski definition) is 1. The first-order chi connectivity index (χ1) is 10.1. The van der Waals surface area contributed by atoms with Gasteiger partial charge in [-0.25, -0.2) is 0 Å². The minimum absolute atomic E-state index is 0.0984. The number of carbonyl (C=O) groups excluding carboxylic acids is 1. The molecule has 1 aliphatic rings. The third-order valence-corrected chi connectivity index (χ3v) is 4.89. The maximum atomic E-state index is 11.8. The van der Waals surface area contributed by atoms with Crippen LogP contribution in [0.2, 0.25) is 0 Å². The molecule has 3 rings (SSSR count). The summed E-state index contributed by atoms with van der Waals surface area (Å²) in [7, 11) is 1.82. The van der Waals surface area contributed by atoms with Crippen LogP contribution in [0.25, 0.3) is 0 Å². The number of likely N-dealkylation sites (N-methyl/N-ethyl adjacent to an activating group) is 1. The number of anilines is 1. The predicted molar refractivity (Wildman–Crippen MR) is 87.0 cm³/mol. The Balaban J connectivity index is 1.88. The van der Waals surface area contributed by atoms with Crippen LogP contribution in [0.15, 0.2) is 48.5 Å². The summed E-state index contributed by atoms with van der Waals surface area (Å²) in [5, 5.41) is -0.0984. The van der Waals surface area contributed by atoms with Gasteiger partial charge < -0.3 is 4.90 Å². The summed E-state index contributed by atoms with van der Waals surface area (Å²) in [4.78, 5) is 13.5. The van der Waals surface area contributed by atoms with Crippen LogP contribution in [0, 0.1) is 0 Å². The van der Waals surface area contributed by atoms with E-state index in [2.05, 4.69) is 25.1 Å². The van der Waals surface area contributed by atoms with Gasteiger partial charge in [-0.05, 0) is 22.8 Å². The molecule has 0 aliphatic carbocycles. The van der Waals surface area contributed by atoms with Gasteiger partial charge in [-0.2, -0.15) is 0 Å². The third kappa shape index (κ3) is 2.56. The number of nitrogens with zero attached hydrogens (tertiary/aromatic N) is 1. The highest BCUT2D eigenvalue weighted by atomic mass is 35.5. The van der Waals surface area contributed by atoms with Crippen molar-refractivity contribution in [3.63, 3.8) is 0 Å².